The topological polar surface area (TPSA) is 64.7 Å². The molecule has 6 heteroatoms. The number of anilines is 1. The minimum Gasteiger partial charge on any atom is -0.321 e. The van der Waals surface area contributed by atoms with Gasteiger partial charge < -0.3 is 9.88 Å². The van der Waals surface area contributed by atoms with Crippen molar-refractivity contribution < 1.29 is 4.79 Å². The highest BCUT2D eigenvalue weighted by Crippen LogP contribution is 2.24. The number of aromatic nitrogens is 4. The lowest BCUT2D eigenvalue weighted by Crippen LogP contribution is -2.13. The number of hydrogen-bond donors (Lipinski definition) is 1. The SMILES string of the molecule is Cc1cccc(-n2c(C)cc(C(=O)Nc3cnc4c(c3)c(C)nn4C)c2C)c1. The normalized spacial score (nSPS) is 11.2. The molecule has 1 amide bonds. The number of benzene rings is 1. The Morgan fingerprint density at radius 2 is 1.86 bits per heavy atom. The van der Waals surface area contributed by atoms with Crippen LogP contribution in [-0.2, 0) is 7.05 Å². The smallest absolute Gasteiger partial charge is 0.257 e. The zero-order chi connectivity index (χ0) is 20.0. The maximum Gasteiger partial charge on any atom is 0.257 e. The summed E-state index contributed by atoms with van der Waals surface area (Å²) in [5, 5.41) is 8.29. The molecule has 4 rings (SSSR count). The second-order valence-electron chi connectivity index (χ2n) is 7.22. The summed E-state index contributed by atoms with van der Waals surface area (Å²) in [5.74, 6) is -0.144. The highest BCUT2D eigenvalue weighted by Gasteiger charge is 2.17. The molecule has 0 aliphatic rings. The molecule has 0 aliphatic heterocycles. The average molecular weight is 373 g/mol. The molecule has 0 atom stereocenters. The molecule has 4 aromatic rings. The number of aryl methyl sites for hydroxylation is 4. The van der Waals surface area contributed by atoms with Crippen LogP contribution in [0.15, 0.2) is 42.6 Å². The zero-order valence-corrected chi connectivity index (χ0v) is 16.7. The lowest BCUT2D eigenvalue weighted by atomic mass is 10.2. The third-order valence-electron chi connectivity index (χ3n) is 5.06. The van der Waals surface area contributed by atoms with E-state index < -0.39 is 0 Å². The summed E-state index contributed by atoms with van der Waals surface area (Å²) >= 11 is 0. The Hall–Kier alpha value is -3.41. The summed E-state index contributed by atoms with van der Waals surface area (Å²) in [6.07, 6.45) is 1.67. The molecule has 0 aliphatic carbocycles. The zero-order valence-electron chi connectivity index (χ0n) is 16.7. The van der Waals surface area contributed by atoms with E-state index in [1.165, 1.54) is 5.56 Å². The molecule has 0 saturated carbocycles. The van der Waals surface area contributed by atoms with Crippen LogP contribution >= 0.6 is 0 Å². The summed E-state index contributed by atoms with van der Waals surface area (Å²) < 4.78 is 3.85. The van der Waals surface area contributed by atoms with Gasteiger partial charge in [0.05, 0.1) is 23.1 Å². The van der Waals surface area contributed by atoms with E-state index in [-0.39, 0.29) is 5.91 Å². The molecule has 6 nitrogen and oxygen atoms in total. The second-order valence-corrected chi connectivity index (χ2v) is 7.22. The van der Waals surface area contributed by atoms with Crippen molar-refractivity contribution in [3.8, 4) is 5.69 Å². The van der Waals surface area contributed by atoms with Gasteiger partial charge in [0.1, 0.15) is 0 Å². The van der Waals surface area contributed by atoms with Crippen molar-refractivity contribution in [2.45, 2.75) is 27.7 Å². The van der Waals surface area contributed by atoms with Crippen LogP contribution in [0.2, 0.25) is 0 Å². The molecule has 0 bridgehead atoms. The van der Waals surface area contributed by atoms with Crippen molar-refractivity contribution in [1.82, 2.24) is 19.3 Å². The lowest BCUT2D eigenvalue weighted by molar-refractivity contribution is 0.102. The monoisotopic (exact) mass is 373 g/mol. The maximum absolute atomic E-state index is 13.0. The van der Waals surface area contributed by atoms with Crippen molar-refractivity contribution in [2.75, 3.05) is 5.32 Å². The second kappa shape index (κ2) is 6.64. The first-order valence-electron chi connectivity index (χ1n) is 9.22. The highest BCUT2D eigenvalue weighted by molar-refractivity contribution is 6.06. The summed E-state index contributed by atoms with van der Waals surface area (Å²) in [7, 11) is 1.86. The van der Waals surface area contributed by atoms with Crippen molar-refractivity contribution in [3.05, 3.63) is 70.8 Å². The molecule has 3 heterocycles. The number of nitrogens with one attached hydrogen (secondary N) is 1. The van der Waals surface area contributed by atoms with Gasteiger partial charge in [-0.2, -0.15) is 5.10 Å². The van der Waals surface area contributed by atoms with Crippen molar-refractivity contribution in [1.29, 1.82) is 0 Å². The number of rotatable bonds is 3. The number of amides is 1. The van der Waals surface area contributed by atoms with E-state index in [1.807, 2.05) is 46.0 Å². The fraction of sp³-hybridized carbons (Fsp3) is 0.227. The number of fused-ring (bicyclic) bond motifs is 1. The first-order valence-corrected chi connectivity index (χ1v) is 9.22. The Morgan fingerprint density at radius 1 is 1.07 bits per heavy atom. The molecule has 28 heavy (non-hydrogen) atoms. The fourth-order valence-electron chi connectivity index (χ4n) is 3.73. The predicted octanol–water partition coefficient (Wildman–Crippen LogP) is 4.24. The Kier molecular flexibility index (Phi) is 4.26. The van der Waals surface area contributed by atoms with Crippen LogP contribution in [0.1, 0.15) is 33.0 Å². The summed E-state index contributed by atoms with van der Waals surface area (Å²) in [6, 6.07) is 12.1. The van der Waals surface area contributed by atoms with Crippen molar-refractivity contribution in [2.24, 2.45) is 7.05 Å². The summed E-state index contributed by atoms with van der Waals surface area (Å²) in [6.45, 7) is 7.98. The minimum atomic E-state index is -0.144. The number of carbonyl (C=O) groups excluding carboxylic acids is 1. The first kappa shape index (κ1) is 18.0. The van der Waals surface area contributed by atoms with E-state index in [4.69, 9.17) is 0 Å². The summed E-state index contributed by atoms with van der Waals surface area (Å²) in [5.41, 5.74) is 7.17. The van der Waals surface area contributed by atoms with E-state index in [0.29, 0.717) is 11.3 Å². The van der Waals surface area contributed by atoms with Crippen LogP contribution in [0.3, 0.4) is 0 Å². The molecule has 3 aromatic heterocycles. The molecule has 0 radical (unpaired) electrons. The quantitative estimate of drug-likeness (QED) is 0.584. The van der Waals surface area contributed by atoms with Gasteiger partial charge in [0.15, 0.2) is 5.65 Å². The number of carbonyl (C=O) groups is 1. The molecular weight excluding hydrogens is 350 g/mol. The van der Waals surface area contributed by atoms with E-state index >= 15 is 0 Å². The van der Waals surface area contributed by atoms with Crippen LogP contribution in [-0.4, -0.2) is 25.2 Å². The van der Waals surface area contributed by atoms with Crippen LogP contribution in [0.5, 0.6) is 0 Å². The minimum absolute atomic E-state index is 0.144. The third-order valence-corrected chi connectivity index (χ3v) is 5.06. The van der Waals surface area contributed by atoms with Gasteiger partial charge >= 0.3 is 0 Å². The van der Waals surface area contributed by atoms with Crippen molar-refractivity contribution >= 4 is 22.6 Å². The molecule has 0 fully saturated rings. The third kappa shape index (κ3) is 2.97. The van der Waals surface area contributed by atoms with Crippen LogP contribution < -0.4 is 5.32 Å². The van der Waals surface area contributed by atoms with Crippen molar-refractivity contribution in [3.63, 3.8) is 0 Å². The molecule has 0 spiro atoms. The van der Waals surface area contributed by atoms with E-state index in [9.17, 15) is 4.79 Å². The van der Waals surface area contributed by atoms with Gasteiger partial charge in [0.2, 0.25) is 0 Å². The first-order chi connectivity index (χ1) is 13.3. The van der Waals surface area contributed by atoms with Gasteiger partial charge in [-0.25, -0.2) is 4.98 Å². The molecule has 0 unspecified atom stereocenters. The van der Waals surface area contributed by atoms with Gasteiger partial charge in [-0.05, 0) is 57.5 Å². The van der Waals surface area contributed by atoms with Crippen LogP contribution in [0.25, 0.3) is 16.7 Å². The number of pyridine rings is 1. The largest absolute Gasteiger partial charge is 0.321 e. The predicted molar refractivity (Wildman–Crippen MR) is 111 cm³/mol. The molecule has 0 saturated heterocycles. The molecule has 1 aromatic carbocycles. The van der Waals surface area contributed by atoms with Gasteiger partial charge in [-0.3, -0.25) is 9.48 Å². The molecule has 1 N–H and O–H groups in total. The highest BCUT2D eigenvalue weighted by atomic mass is 16.1. The number of hydrogen-bond acceptors (Lipinski definition) is 3. The van der Waals surface area contributed by atoms with E-state index in [1.54, 1.807) is 10.9 Å². The molecule has 142 valence electrons. The van der Waals surface area contributed by atoms with E-state index in [2.05, 4.69) is 45.1 Å². The Balaban J connectivity index is 1.67. The van der Waals surface area contributed by atoms with Crippen LogP contribution in [0, 0.1) is 27.7 Å². The Bertz CT molecular complexity index is 1220. The van der Waals surface area contributed by atoms with Gasteiger partial charge in [0, 0.05) is 29.5 Å². The standard InChI is InChI=1S/C22H23N5O/c1-13-7-6-8-18(9-13)27-14(2)10-20(16(27)4)22(28)24-17-11-19-15(3)25-26(5)21(19)23-12-17/h6-12H,1-5H3,(H,24,28). The summed E-state index contributed by atoms with van der Waals surface area (Å²) in [4.78, 5) is 17.4. The fourth-order valence-corrected chi connectivity index (χ4v) is 3.73. The number of nitrogens with zero attached hydrogens (tertiary/aromatic N) is 4. The average Bonchev–Trinajstić information content (AvgIpc) is 3.10. The van der Waals surface area contributed by atoms with E-state index in [0.717, 1.165) is 33.8 Å². The Morgan fingerprint density at radius 3 is 2.61 bits per heavy atom. The Labute approximate surface area is 163 Å². The van der Waals surface area contributed by atoms with Gasteiger partial charge in [0.25, 0.3) is 5.91 Å². The van der Waals surface area contributed by atoms with Gasteiger partial charge in [-0.1, -0.05) is 12.1 Å². The lowest BCUT2D eigenvalue weighted by Gasteiger charge is -2.11. The maximum atomic E-state index is 13.0. The molecular formula is C22H23N5O. The van der Waals surface area contributed by atoms with Gasteiger partial charge in [-0.15, -0.1) is 0 Å². The van der Waals surface area contributed by atoms with Crippen LogP contribution in [0.4, 0.5) is 5.69 Å².